The normalized spacial score (nSPS) is 25.5. The van der Waals surface area contributed by atoms with E-state index in [2.05, 4.69) is 52.0 Å². The van der Waals surface area contributed by atoms with Crippen LogP contribution in [0, 0.1) is 0 Å². The summed E-state index contributed by atoms with van der Waals surface area (Å²) in [5.41, 5.74) is 8.92. The maximum atomic E-state index is 10.7. The van der Waals surface area contributed by atoms with Crippen molar-refractivity contribution in [2.45, 2.75) is 44.4 Å². The number of aliphatic hydroxyl groups is 2. The van der Waals surface area contributed by atoms with Crippen LogP contribution in [0.5, 0.6) is 0 Å². The molecule has 4 atom stereocenters. The summed E-state index contributed by atoms with van der Waals surface area (Å²) < 4.78 is 7.79. The minimum absolute atomic E-state index is 0.459. The molecule has 4 heterocycles. The van der Waals surface area contributed by atoms with Gasteiger partial charge in [0.1, 0.15) is 24.4 Å². The van der Waals surface area contributed by atoms with Crippen LogP contribution in [0.1, 0.15) is 24.3 Å². The monoisotopic (exact) mass is 516 g/mol. The van der Waals surface area contributed by atoms with Gasteiger partial charge in [0.2, 0.25) is 0 Å². The van der Waals surface area contributed by atoms with Crippen molar-refractivity contribution in [3.8, 4) is 11.1 Å². The molecule has 0 saturated carbocycles. The summed E-state index contributed by atoms with van der Waals surface area (Å²) in [6, 6.07) is 18.8. The van der Waals surface area contributed by atoms with Gasteiger partial charge in [0.05, 0.1) is 18.3 Å². The van der Waals surface area contributed by atoms with Crippen LogP contribution in [-0.2, 0) is 17.7 Å². The SMILES string of the molecule is C[C@H]1O[C@@H](n2cc(-c3ccccc3)c3c2N=CN(Nc2ccc(CCN4CCNCC4)cc2)C3)[C@H](O)[C@@H]1O. The summed E-state index contributed by atoms with van der Waals surface area (Å²) in [7, 11) is 0. The highest BCUT2D eigenvalue weighted by molar-refractivity contribution is 5.77. The summed E-state index contributed by atoms with van der Waals surface area (Å²) in [5, 5.41) is 26.3. The molecule has 0 bridgehead atoms. The molecule has 2 fully saturated rings. The van der Waals surface area contributed by atoms with Crippen LogP contribution in [-0.4, -0.2) is 82.1 Å². The fourth-order valence-corrected chi connectivity index (χ4v) is 5.51. The number of nitrogens with zero attached hydrogens (tertiary/aromatic N) is 4. The van der Waals surface area contributed by atoms with E-state index in [1.54, 1.807) is 13.3 Å². The van der Waals surface area contributed by atoms with Crippen LogP contribution < -0.4 is 10.7 Å². The zero-order valence-electron chi connectivity index (χ0n) is 21.7. The number of fused-ring (bicyclic) bond motifs is 1. The van der Waals surface area contributed by atoms with E-state index >= 15 is 0 Å². The van der Waals surface area contributed by atoms with E-state index in [0.717, 1.165) is 67.3 Å². The van der Waals surface area contributed by atoms with Crippen molar-refractivity contribution >= 4 is 17.8 Å². The Morgan fingerprint density at radius 3 is 2.50 bits per heavy atom. The number of ether oxygens (including phenoxy) is 1. The molecule has 1 aromatic heterocycles. The van der Waals surface area contributed by atoms with Crippen LogP contribution in [0.3, 0.4) is 0 Å². The predicted octanol–water partition coefficient (Wildman–Crippen LogP) is 2.74. The van der Waals surface area contributed by atoms with Crippen LogP contribution in [0.15, 0.2) is 65.8 Å². The molecule has 0 radical (unpaired) electrons. The van der Waals surface area contributed by atoms with Gasteiger partial charge in [-0.05, 0) is 36.6 Å². The Bertz CT molecular complexity index is 1260. The van der Waals surface area contributed by atoms with Gasteiger partial charge in [0, 0.05) is 50.0 Å². The lowest BCUT2D eigenvalue weighted by Gasteiger charge is -2.27. The lowest BCUT2D eigenvalue weighted by atomic mass is 10.0. The number of hydrogen-bond acceptors (Lipinski definition) is 8. The number of piperazine rings is 1. The van der Waals surface area contributed by atoms with Gasteiger partial charge in [-0.15, -0.1) is 0 Å². The Morgan fingerprint density at radius 2 is 1.79 bits per heavy atom. The number of hydrogen-bond donors (Lipinski definition) is 4. The summed E-state index contributed by atoms with van der Waals surface area (Å²) >= 11 is 0. The number of benzene rings is 2. The van der Waals surface area contributed by atoms with Gasteiger partial charge in [-0.2, -0.15) is 0 Å². The van der Waals surface area contributed by atoms with Crippen LogP contribution in [0.4, 0.5) is 11.5 Å². The second-order valence-electron chi connectivity index (χ2n) is 10.4. The number of aliphatic imine (C=N–C) groups is 1. The van der Waals surface area contributed by atoms with Crippen LogP contribution >= 0.6 is 0 Å². The zero-order valence-corrected chi connectivity index (χ0v) is 21.7. The Labute approximate surface area is 223 Å². The third-order valence-corrected chi connectivity index (χ3v) is 7.74. The van der Waals surface area contributed by atoms with E-state index in [0.29, 0.717) is 6.54 Å². The molecular formula is C29H36N6O3. The van der Waals surface area contributed by atoms with Crippen molar-refractivity contribution in [2.75, 3.05) is 38.1 Å². The molecular weight excluding hydrogens is 480 g/mol. The summed E-state index contributed by atoms with van der Waals surface area (Å²) in [6.45, 7) is 7.83. The van der Waals surface area contributed by atoms with Crippen molar-refractivity contribution < 1.29 is 14.9 Å². The van der Waals surface area contributed by atoms with E-state index in [1.807, 2.05) is 34.0 Å². The molecule has 2 saturated heterocycles. The molecule has 9 heteroatoms. The molecule has 2 aromatic carbocycles. The smallest absolute Gasteiger partial charge is 0.164 e. The highest BCUT2D eigenvalue weighted by Crippen LogP contribution is 2.41. The molecule has 0 unspecified atom stereocenters. The summed E-state index contributed by atoms with van der Waals surface area (Å²) in [5.74, 6) is 0.732. The zero-order chi connectivity index (χ0) is 26.1. The maximum Gasteiger partial charge on any atom is 0.164 e. The number of hydrazine groups is 1. The Hall–Kier alpha value is -3.21. The highest BCUT2D eigenvalue weighted by Gasteiger charge is 2.42. The Balaban J connectivity index is 1.19. The van der Waals surface area contributed by atoms with Crippen molar-refractivity contribution in [2.24, 2.45) is 4.99 Å². The van der Waals surface area contributed by atoms with Gasteiger partial charge in [-0.3, -0.25) is 10.4 Å². The molecule has 6 rings (SSSR count). The van der Waals surface area contributed by atoms with Gasteiger partial charge in [0.15, 0.2) is 6.23 Å². The third kappa shape index (κ3) is 5.08. The minimum atomic E-state index is -1.03. The van der Waals surface area contributed by atoms with Gasteiger partial charge < -0.3 is 29.7 Å². The predicted molar refractivity (Wildman–Crippen MR) is 148 cm³/mol. The van der Waals surface area contributed by atoms with E-state index in [9.17, 15) is 10.2 Å². The topological polar surface area (TPSA) is 97.5 Å². The minimum Gasteiger partial charge on any atom is -0.388 e. The molecule has 0 spiro atoms. The Kier molecular flexibility index (Phi) is 7.18. The van der Waals surface area contributed by atoms with Crippen LogP contribution in [0.25, 0.3) is 11.1 Å². The first-order valence-corrected chi connectivity index (χ1v) is 13.5. The number of nitrogens with one attached hydrogen (secondary N) is 2. The second-order valence-corrected chi connectivity index (χ2v) is 10.4. The second kappa shape index (κ2) is 10.9. The lowest BCUT2D eigenvalue weighted by molar-refractivity contribution is -0.0308. The summed E-state index contributed by atoms with van der Waals surface area (Å²) in [6.07, 6.45) is 1.67. The average Bonchev–Trinajstić information content (AvgIpc) is 3.45. The average molecular weight is 517 g/mol. The van der Waals surface area contributed by atoms with Gasteiger partial charge in [0.25, 0.3) is 0 Å². The van der Waals surface area contributed by atoms with E-state index in [1.165, 1.54) is 5.56 Å². The van der Waals surface area contributed by atoms with Crippen molar-refractivity contribution in [3.05, 3.63) is 71.9 Å². The first-order valence-electron chi connectivity index (χ1n) is 13.5. The molecule has 0 amide bonds. The molecule has 3 aromatic rings. The van der Waals surface area contributed by atoms with Gasteiger partial charge >= 0.3 is 0 Å². The van der Waals surface area contributed by atoms with E-state index < -0.39 is 24.5 Å². The Morgan fingerprint density at radius 1 is 1.03 bits per heavy atom. The van der Waals surface area contributed by atoms with Crippen LogP contribution in [0.2, 0.25) is 0 Å². The first-order chi connectivity index (χ1) is 18.6. The van der Waals surface area contributed by atoms with E-state index in [4.69, 9.17) is 9.73 Å². The van der Waals surface area contributed by atoms with Gasteiger partial charge in [-0.1, -0.05) is 42.5 Å². The summed E-state index contributed by atoms with van der Waals surface area (Å²) in [4.78, 5) is 7.27. The van der Waals surface area contributed by atoms with Crippen molar-refractivity contribution in [3.63, 3.8) is 0 Å². The fourth-order valence-electron chi connectivity index (χ4n) is 5.51. The number of aromatic nitrogens is 1. The van der Waals surface area contributed by atoms with Crippen molar-refractivity contribution in [1.82, 2.24) is 19.8 Å². The lowest BCUT2D eigenvalue weighted by Crippen LogP contribution is -2.44. The van der Waals surface area contributed by atoms with E-state index in [-0.39, 0.29) is 0 Å². The number of rotatable bonds is 7. The highest BCUT2D eigenvalue weighted by atomic mass is 16.6. The van der Waals surface area contributed by atoms with Crippen molar-refractivity contribution in [1.29, 1.82) is 0 Å². The largest absolute Gasteiger partial charge is 0.388 e. The molecule has 38 heavy (non-hydrogen) atoms. The molecule has 3 aliphatic heterocycles. The first kappa shape index (κ1) is 25.1. The third-order valence-electron chi connectivity index (χ3n) is 7.74. The fraction of sp³-hybridized carbons (Fsp3) is 0.414. The molecule has 200 valence electrons. The maximum absolute atomic E-state index is 10.7. The standard InChI is InChI=1S/C29H36N6O3/c1-20-26(36)27(37)29(38-20)35-18-24(22-5-3-2-4-6-22)25-17-34(19-31-28(25)35)32-23-9-7-21(8-10-23)11-14-33-15-12-30-13-16-33/h2-10,18-20,26-27,29-30,32,36-37H,11-17H2,1H3/t20-,26-,27-,29-/m1/s1. The molecule has 3 aliphatic rings. The quantitative estimate of drug-likeness (QED) is 0.383. The molecule has 0 aliphatic carbocycles. The van der Waals surface area contributed by atoms with Gasteiger partial charge in [-0.25, -0.2) is 4.99 Å². The number of aliphatic hydroxyl groups excluding tert-OH is 2. The number of anilines is 1. The molecule has 4 N–H and O–H groups in total. The molecule has 9 nitrogen and oxygen atoms in total.